The first-order chi connectivity index (χ1) is 10.2. The van der Waals surface area contributed by atoms with Gasteiger partial charge in [-0.1, -0.05) is 6.92 Å². The van der Waals surface area contributed by atoms with Gasteiger partial charge in [-0.2, -0.15) is 0 Å². The molecule has 0 bridgehead atoms. The predicted molar refractivity (Wildman–Crippen MR) is 89.6 cm³/mol. The van der Waals surface area contributed by atoms with Crippen molar-refractivity contribution in [2.75, 3.05) is 19.6 Å². The number of rotatable bonds is 5. The molecule has 3 heterocycles. The molecule has 0 radical (unpaired) electrons. The number of nitrogens with zero attached hydrogens (tertiary/aromatic N) is 4. The van der Waals surface area contributed by atoms with Crippen molar-refractivity contribution in [3.63, 3.8) is 0 Å². The highest BCUT2D eigenvalue weighted by Gasteiger charge is 2.18. The fraction of sp³-hybridized carbons (Fsp3) is 0.600. The van der Waals surface area contributed by atoms with Crippen LogP contribution in [0.4, 0.5) is 0 Å². The van der Waals surface area contributed by atoms with Crippen LogP contribution in [0, 0.1) is 5.92 Å². The number of aromatic nitrogens is 3. The number of pyridine rings is 1. The number of alkyl halides is 1. The third-order valence-corrected chi connectivity index (χ3v) is 4.69. The van der Waals surface area contributed by atoms with E-state index in [-0.39, 0.29) is 0 Å². The molecule has 114 valence electrons. The molecule has 0 N–H and O–H groups in total. The van der Waals surface area contributed by atoms with Crippen molar-refractivity contribution in [2.45, 2.75) is 32.2 Å². The normalized spacial score (nSPS) is 17.7. The number of hydrogen-bond acceptors (Lipinski definition) is 3. The Morgan fingerprint density at radius 3 is 2.81 bits per heavy atom. The van der Waals surface area contributed by atoms with Crippen LogP contribution in [0.2, 0.25) is 0 Å². The molecule has 0 aromatic carbocycles. The third-order valence-electron chi connectivity index (χ3n) is 4.01. The number of hydrogen-bond donors (Lipinski definition) is 0. The van der Waals surface area contributed by atoms with Gasteiger partial charge >= 0.3 is 0 Å². The van der Waals surface area contributed by atoms with Crippen molar-refractivity contribution in [1.82, 2.24) is 19.4 Å². The van der Waals surface area contributed by atoms with Gasteiger partial charge in [-0.15, -0.1) is 11.6 Å². The Morgan fingerprint density at radius 1 is 1.33 bits per heavy atom. The molecular formula is C15H20BrClN4. The van der Waals surface area contributed by atoms with Crippen molar-refractivity contribution < 1.29 is 0 Å². The highest BCUT2D eigenvalue weighted by Crippen LogP contribution is 2.21. The zero-order valence-electron chi connectivity index (χ0n) is 12.2. The average Bonchev–Trinajstić information content (AvgIpc) is 3.06. The lowest BCUT2D eigenvalue weighted by molar-refractivity contribution is 0.272. The number of likely N-dealkylation sites (tertiary alicyclic amines) is 1. The topological polar surface area (TPSA) is 34.0 Å². The summed E-state index contributed by atoms with van der Waals surface area (Å²) in [4.78, 5) is 11.7. The first-order valence-corrected chi connectivity index (χ1v) is 8.79. The van der Waals surface area contributed by atoms with Gasteiger partial charge < -0.3 is 9.47 Å². The minimum absolute atomic E-state index is 0.421. The second-order valence-corrected chi connectivity index (χ2v) is 7.06. The Kier molecular flexibility index (Phi) is 4.82. The van der Waals surface area contributed by atoms with E-state index in [9.17, 15) is 0 Å². The van der Waals surface area contributed by atoms with E-state index in [2.05, 4.69) is 42.3 Å². The quantitative estimate of drug-likeness (QED) is 0.752. The maximum absolute atomic E-state index is 6.06. The third kappa shape index (κ3) is 3.41. The van der Waals surface area contributed by atoms with Gasteiger partial charge in [-0.05, 0) is 53.8 Å². The molecule has 0 saturated carbocycles. The van der Waals surface area contributed by atoms with Gasteiger partial charge in [0.15, 0.2) is 5.65 Å². The largest absolute Gasteiger partial charge is 0.311 e. The van der Waals surface area contributed by atoms with Crippen molar-refractivity contribution in [3.05, 3.63) is 22.6 Å². The number of halogens is 2. The highest BCUT2D eigenvalue weighted by molar-refractivity contribution is 9.10. The van der Waals surface area contributed by atoms with Gasteiger partial charge in [0.05, 0.1) is 5.88 Å². The molecule has 1 aliphatic rings. The summed E-state index contributed by atoms with van der Waals surface area (Å²) in [7, 11) is 0. The monoisotopic (exact) mass is 370 g/mol. The molecule has 1 fully saturated rings. The fourth-order valence-electron chi connectivity index (χ4n) is 3.10. The zero-order valence-corrected chi connectivity index (χ0v) is 14.6. The molecule has 2 aromatic heterocycles. The first-order valence-electron chi connectivity index (χ1n) is 7.46. The van der Waals surface area contributed by atoms with Crippen molar-refractivity contribution in [2.24, 2.45) is 5.92 Å². The molecule has 1 unspecified atom stereocenters. The Morgan fingerprint density at radius 2 is 2.10 bits per heavy atom. The van der Waals surface area contributed by atoms with Crippen LogP contribution in [0.5, 0.6) is 0 Å². The van der Waals surface area contributed by atoms with Crippen LogP contribution in [-0.4, -0.2) is 39.1 Å². The Balaban J connectivity index is 1.81. The lowest BCUT2D eigenvalue weighted by Gasteiger charge is -2.21. The lowest BCUT2D eigenvalue weighted by atomic mass is 10.1. The van der Waals surface area contributed by atoms with Crippen LogP contribution < -0.4 is 0 Å². The summed E-state index contributed by atoms with van der Waals surface area (Å²) < 4.78 is 3.13. The summed E-state index contributed by atoms with van der Waals surface area (Å²) in [5.41, 5.74) is 1.84. The lowest BCUT2D eigenvalue weighted by Crippen LogP contribution is -2.28. The molecule has 21 heavy (non-hydrogen) atoms. The molecule has 0 aliphatic carbocycles. The average molecular weight is 372 g/mol. The minimum Gasteiger partial charge on any atom is -0.311 e. The Hall–Kier alpha value is -0.650. The standard InChI is InChI=1S/C15H20BrClN4/c1-11(9-20-4-2-3-5-20)10-21-14(7-17)19-13-6-12(16)8-18-15(13)21/h6,8,11H,2-5,7,9-10H2,1H3. The number of fused-ring (bicyclic) bond motifs is 1. The molecule has 0 spiro atoms. The highest BCUT2D eigenvalue weighted by atomic mass is 79.9. The minimum atomic E-state index is 0.421. The van der Waals surface area contributed by atoms with Gasteiger partial charge in [0.2, 0.25) is 0 Å². The SMILES string of the molecule is CC(CN1CCCC1)Cn1c(CCl)nc2cc(Br)cnc21. The number of imidazole rings is 1. The van der Waals surface area contributed by atoms with Gasteiger partial charge in [0, 0.05) is 23.8 Å². The second-order valence-electron chi connectivity index (χ2n) is 5.88. The van der Waals surface area contributed by atoms with E-state index in [0.29, 0.717) is 11.8 Å². The molecule has 1 aliphatic heterocycles. The van der Waals surface area contributed by atoms with Gasteiger partial charge in [0.25, 0.3) is 0 Å². The van der Waals surface area contributed by atoms with Crippen LogP contribution in [0.15, 0.2) is 16.7 Å². The summed E-state index contributed by atoms with van der Waals surface area (Å²) in [6.45, 7) is 6.83. The van der Waals surface area contributed by atoms with Crippen LogP contribution in [0.3, 0.4) is 0 Å². The maximum atomic E-state index is 6.06. The van der Waals surface area contributed by atoms with E-state index in [1.807, 2.05) is 12.3 Å². The van der Waals surface area contributed by atoms with Gasteiger partial charge in [-0.25, -0.2) is 9.97 Å². The van der Waals surface area contributed by atoms with E-state index in [1.165, 1.54) is 25.9 Å². The van der Waals surface area contributed by atoms with Crippen LogP contribution >= 0.6 is 27.5 Å². The smallest absolute Gasteiger partial charge is 0.160 e. The van der Waals surface area contributed by atoms with Gasteiger partial charge in [-0.3, -0.25) is 0 Å². The molecule has 2 aromatic rings. The Labute approximate surface area is 138 Å². The zero-order chi connectivity index (χ0) is 14.8. The van der Waals surface area contributed by atoms with E-state index in [1.54, 1.807) is 0 Å². The maximum Gasteiger partial charge on any atom is 0.160 e. The van der Waals surface area contributed by atoms with Crippen molar-refractivity contribution in [3.8, 4) is 0 Å². The summed E-state index contributed by atoms with van der Waals surface area (Å²) in [6.07, 6.45) is 4.50. The molecular weight excluding hydrogens is 352 g/mol. The first kappa shape index (κ1) is 15.3. The van der Waals surface area contributed by atoms with E-state index in [4.69, 9.17) is 11.6 Å². The van der Waals surface area contributed by atoms with E-state index in [0.717, 1.165) is 34.6 Å². The fourth-order valence-corrected chi connectivity index (χ4v) is 3.63. The van der Waals surface area contributed by atoms with Crippen molar-refractivity contribution in [1.29, 1.82) is 0 Å². The molecule has 3 rings (SSSR count). The van der Waals surface area contributed by atoms with E-state index < -0.39 is 0 Å². The molecule has 6 heteroatoms. The van der Waals surface area contributed by atoms with Crippen LogP contribution in [0.25, 0.3) is 11.2 Å². The summed E-state index contributed by atoms with van der Waals surface area (Å²) >= 11 is 9.51. The van der Waals surface area contributed by atoms with Crippen LogP contribution in [0.1, 0.15) is 25.6 Å². The summed E-state index contributed by atoms with van der Waals surface area (Å²) in [6, 6.07) is 2.00. The molecule has 4 nitrogen and oxygen atoms in total. The molecule has 0 amide bonds. The van der Waals surface area contributed by atoms with Gasteiger partial charge in [0.1, 0.15) is 11.3 Å². The van der Waals surface area contributed by atoms with Crippen molar-refractivity contribution >= 4 is 38.7 Å². The van der Waals surface area contributed by atoms with Crippen LogP contribution in [-0.2, 0) is 12.4 Å². The Bertz CT molecular complexity index is 621. The summed E-state index contributed by atoms with van der Waals surface area (Å²) in [5, 5.41) is 0. The molecule has 1 saturated heterocycles. The van der Waals surface area contributed by atoms with E-state index >= 15 is 0 Å². The predicted octanol–water partition coefficient (Wildman–Crippen LogP) is 3.66. The second kappa shape index (κ2) is 6.63. The molecule has 1 atom stereocenters. The summed E-state index contributed by atoms with van der Waals surface area (Å²) in [5.74, 6) is 1.89.